The van der Waals surface area contributed by atoms with Gasteiger partial charge in [0.05, 0.1) is 11.0 Å². The number of fused-ring (bicyclic) bond motifs is 1. The highest BCUT2D eigenvalue weighted by Gasteiger charge is 2.09. The average molecular weight is 217 g/mol. The smallest absolute Gasteiger partial charge is 0.249 e. The molecule has 0 saturated carbocycles. The maximum Gasteiger partial charge on any atom is 0.249 e. The monoisotopic (exact) mass is 217 g/mol. The summed E-state index contributed by atoms with van der Waals surface area (Å²) >= 11 is 0. The molecule has 0 atom stereocenters. The Labute approximate surface area is 92.3 Å². The van der Waals surface area contributed by atoms with Crippen molar-refractivity contribution in [2.75, 3.05) is 0 Å². The SMILES string of the molecule is CCC(=Cc1cc2ccccc2o1)[N+](=O)[O-]. The lowest BCUT2D eigenvalue weighted by Crippen LogP contribution is -1.95. The van der Waals surface area contributed by atoms with Gasteiger partial charge in [-0.1, -0.05) is 25.1 Å². The van der Waals surface area contributed by atoms with Gasteiger partial charge in [-0.3, -0.25) is 10.1 Å². The van der Waals surface area contributed by atoms with Crippen LogP contribution in [0, 0.1) is 10.1 Å². The third-order valence-corrected chi connectivity index (χ3v) is 2.35. The Bertz CT molecular complexity index is 521. The minimum atomic E-state index is -0.382. The van der Waals surface area contributed by atoms with Crippen LogP contribution < -0.4 is 0 Å². The summed E-state index contributed by atoms with van der Waals surface area (Å²) in [7, 11) is 0. The number of nitrogens with zero attached hydrogens (tertiary/aromatic N) is 1. The molecule has 1 heterocycles. The molecule has 0 unspecified atom stereocenters. The summed E-state index contributed by atoms with van der Waals surface area (Å²) in [6, 6.07) is 9.32. The Hall–Kier alpha value is -2.10. The van der Waals surface area contributed by atoms with Gasteiger partial charge < -0.3 is 4.42 Å². The van der Waals surface area contributed by atoms with E-state index in [1.807, 2.05) is 24.3 Å². The zero-order valence-corrected chi connectivity index (χ0v) is 8.84. The van der Waals surface area contributed by atoms with Crippen LogP contribution in [0.1, 0.15) is 19.1 Å². The highest BCUT2D eigenvalue weighted by molar-refractivity contribution is 5.79. The van der Waals surface area contributed by atoms with E-state index in [9.17, 15) is 10.1 Å². The first kappa shape index (κ1) is 10.4. The number of para-hydroxylation sites is 1. The van der Waals surface area contributed by atoms with E-state index in [1.54, 1.807) is 13.0 Å². The summed E-state index contributed by atoms with van der Waals surface area (Å²) in [5.41, 5.74) is 0.895. The van der Waals surface area contributed by atoms with Gasteiger partial charge in [-0.2, -0.15) is 0 Å². The van der Waals surface area contributed by atoms with E-state index in [-0.39, 0.29) is 10.6 Å². The molecule has 82 valence electrons. The Balaban J connectivity index is 2.44. The predicted molar refractivity (Wildman–Crippen MR) is 61.5 cm³/mol. The van der Waals surface area contributed by atoms with Gasteiger partial charge >= 0.3 is 0 Å². The summed E-state index contributed by atoms with van der Waals surface area (Å²) in [4.78, 5) is 10.3. The first-order chi connectivity index (χ1) is 7.70. The largest absolute Gasteiger partial charge is 0.456 e. The van der Waals surface area contributed by atoms with E-state index in [2.05, 4.69) is 0 Å². The molecule has 2 aromatic rings. The van der Waals surface area contributed by atoms with Crippen LogP contribution in [0.15, 0.2) is 40.4 Å². The highest BCUT2D eigenvalue weighted by atomic mass is 16.6. The second-order valence-corrected chi connectivity index (χ2v) is 3.43. The van der Waals surface area contributed by atoms with E-state index in [0.29, 0.717) is 12.2 Å². The van der Waals surface area contributed by atoms with E-state index < -0.39 is 0 Å². The topological polar surface area (TPSA) is 56.3 Å². The quantitative estimate of drug-likeness (QED) is 0.584. The highest BCUT2D eigenvalue weighted by Crippen LogP contribution is 2.21. The molecule has 4 heteroatoms. The number of allylic oxidation sites excluding steroid dienone is 1. The molecule has 0 fully saturated rings. The molecule has 0 aliphatic heterocycles. The van der Waals surface area contributed by atoms with Crippen molar-refractivity contribution in [3.05, 3.63) is 51.9 Å². The lowest BCUT2D eigenvalue weighted by molar-refractivity contribution is -0.425. The van der Waals surface area contributed by atoms with E-state index in [0.717, 1.165) is 11.0 Å². The van der Waals surface area contributed by atoms with Crippen LogP contribution >= 0.6 is 0 Å². The zero-order chi connectivity index (χ0) is 11.5. The molecule has 1 aromatic heterocycles. The molecule has 0 spiro atoms. The molecule has 4 nitrogen and oxygen atoms in total. The molecule has 0 bridgehead atoms. The van der Waals surface area contributed by atoms with Gasteiger partial charge in [-0.15, -0.1) is 0 Å². The van der Waals surface area contributed by atoms with Crippen LogP contribution in [-0.2, 0) is 0 Å². The molecular weight excluding hydrogens is 206 g/mol. The third kappa shape index (κ3) is 1.95. The molecule has 0 aliphatic rings. The summed E-state index contributed by atoms with van der Waals surface area (Å²) in [5.74, 6) is 0.523. The van der Waals surface area contributed by atoms with Crippen molar-refractivity contribution in [1.82, 2.24) is 0 Å². The Kier molecular flexibility index (Phi) is 2.72. The van der Waals surface area contributed by atoms with E-state index in [4.69, 9.17) is 4.42 Å². The fourth-order valence-corrected chi connectivity index (χ4v) is 1.52. The number of furan rings is 1. The predicted octanol–water partition coefficient (Wildman–Crippen LogP) is 3.46. The first-order valence-corrected chi connectivity index (χ1v) is 5.04. The number of benzene rings is 1. The molecule has 0 amide bonds. The second-order valence-electron chi connectivity index (χ2n) is 3.43. The van der Waals surface area contributed by atoms with Crippen molar-refractivity contribution >= 4 is 17.0 Å². The van der Waals surface area contributed by atoms with Gasteiger partial charge in [0.15, 0.2) is 0 Å². The van der Waals surface area contributed by atoms with Gasteiger partial charge in [0.2, 0.25) is 5.70 Å². The molecule has 1 aromatic carbocycles. The summed E-state index contributed by atoms with van der Waals surface area (Å²) in [6.07, 6.45) is 1.85. The van der Waals surface area contributed by atoms with Crippen LogP contribution in [0.5, 0.6) is 0 Å². The summed E-state index contributed by atoms with van der Waals surface area (Å²) in [5, 5.41) is 11.6. The normalized spacial score (nSPS) is 11.9. The molecule has 0 saturated heterocycles. The zero-order valence-electron chi connectivity index (χ0n) is 8.84. The van der Waals surface area contributed by atoms with E-state index >= 15 is 0 Å². The van der Waals surface area contributed by atoms with Gasteiger partial charge in [-0.05, 0) is 12.1 Å². The van der Waals surface area contributed by atoms with Crippen molar-refractivity contribution in [3.8, 4) is 0 Å². The lowest BCUT2D eigenvalue weighted by atomic mass is 10.2. The van der Waals surface area contributed by atoms with Gasteiger partial charge in [0, 0.05) is 11.8 Å². The molecule has 0 aliphatic carbocycles. The minimum absolute atomic E-state index is 0.152. The van der Waals surface area contributed by atoms with Crippen molar-refractivity contribution in [1.29, 1.82) is 0 Å². The summed E-state index contributed by atoms with van der Waals surface area (Å²) in [6.45, 7) is 1.75. The summed E-state index contributed by atoms with van der Waals surface area (Å²) < 4.78 is 5.47. The third-order valence-electron chi connectivity index (χ3n) is 2.35. The van der Waals surface area contributed by atoms with Gasteiger partial charge in [0.25, 0.3) is 0 Å². The average Bonchev–Trinajstić information content (AvgIpc) is 2.67. The Morgan fingerprint density at radius 1 is 1.50 bits per heavy atom. The Morgan fingerprint density at radius 2 is 2.25 bits per heavy atom. The van der Waals surface area contributed by atoms with Gasteiger partial charge in [0.1, 0.15) is 11.3 Å². The number of hydrogen-bond acceptors (Lipinski definition) is 3. The molecule has 0 N–H and O–H groups in total. The first-order valence-electron chi connectivity index (χ1n) is 5.04. The van der Waals surface area contributed by atoms with E-state index in [1.165, 1.54) is 6.08 Å². The van der Waals surface area contributed by atoms with Gasteiger partial charge in [-0.25, -0.2) is 0 Å². The van der Waals surface area contributed by atoms with Crippen molar-refractivity contribution < 1.29 is 9.34 Å². The number of rotatable bonds is 3. The molecule has 0 radical (unpaired) electrons. The Morgan fingerprint density at radius 3 is 2.88 bits per heavy atom. The maximum absolute atomic E-state index is 10.6. The second kappa shape index (κ2) is 4.18. The van der Waals surface area contributed by atoms with Crippen molar-refractivity contribution in [3.63, 3.8) is 0 Å². The number of nitro groups is 1. The number of hydrogen-bond donors (Lipinski definition) is 0. The standard InChI is InChI=1S/C12H11NO3/c1-2-10(13(14)15)8-11-7-9-5-3-4-6-12(9)16-11/h3-8H,2H2,1H3. The van der Waals surface area contributed by atoms with Crippen LogP contribution in [0.2, 0.25) is 0 Å². The van der Waals surface area contributed by atoms with Crippen molar-refractivity contribution in [2.24, 2.45) is 0 Å². The molecule has 16 heavy (non-hydrogen) atoms. The molecular formula is C12H11NO3. The minimum Gasteiger partial charge on any atom is -0.456 e. The van der Waals surface area contributed by atoms with Crippen LogP contribution in [-0.4, -0.2) is 4.92 Å². The van der Waals surface area contributed by atoms with Crippen LogP contribution in [0.3, 0.4) is 0 Å². The van der Waals surface area contributed by atoms with Crippen LogP contribution in [0.25, 0.3) is 17.0 Å². The van der Waals surface area contributed by atoms with Crippen molar-refractivity contribution in [2.45, 2.75) is 13.3 Å². The van der Waals surface area contributed by atoms with Crippen LogP contribution in [0.4, 0.5) is 0 Å². The lowest BCUT2D eigenvalue weighted by Gasteiger charge is -1.91. The molecule has 2 rings (SSSR count). The maximum atomic E-state index is 10.6. The fourth-order valence-electron chi connectivity index (χ4n) is 1.52. The fraction of sp³-hybridized carbons (Fsp3) is 0.167.